The maximum absolute atomic E-state index is 12.2. The number of nitrogens with zero attached hydrogens (tertiary/aromatic N) is 1. The Bertz CT molecular complexity index is 425. The van der Waals surface area contributed by atoms with Crippen molar-refractivity contribution < 1.29 is 24.2 Å². The third-order valence-electron chi connectivity index (χ3n) is 3.18. The molecule has 1 aliphatic rings. The average molecular weight is 316 g/mol. The van der Waals surface area contributed by atoms with Crippen LogP contribution in [0.25, 0.3) is 0 Å². The van der Waals surface area contributed by atoms with Gasteiger partial charge in [0.1, 0.15) is 17.1 Å². The SMILES string of the molecule is CC(C)(C)OC(=O)[C@H]1CN(C(=O)OC(C)(C)C)[C@H](CN)[C@@H]1O. The Morgan fingerprint density at radius 1 is 1.14 bits per heavy atom. The minimum absolute atomic E-state index is 0.0346. The van der Waals surface area contributed by atoms with Gasteiger partial charge in [0, 0.05) is 13.1 Å². The van der Waals surface area contributed by atoms with Crippen LogP contribution >= 0.6 is 0 Å². The number of aliphatic hydroxyl groups excluding tert-OH is 1. The number of nitrogens with two attached hydrogens (primary N) is 1. The molecule has 0 aromatic heterocycles. The van der Waals surface area contributed by atoms with Gasteiger partial charge in [-0.25, -0.2) is 4.79 Å². The molecule has 0 bridgehead atoms. The van der Waals surface area contributed by atoms with Gasteiger partial charge in [-0.1, -0.05) is 0 Å². The molecule has 22 heavy (non-hydrogen) atoms. The fourth-order valence-corrected chi connectivity index (χ4v) is 2.30. The summed E-state index contributed by atoms with van der Waals surface area (Å²) in [6, 6.07) is -0.660. The van der Waals surface area contributed by atoms with Crippen LogP contribution in [0.2, 0.25) is 0 Å². The lowest BCUT2D eigenvalue weighted by Crippen LogP contribution is -2.46. The van der Waals surface area contributed by atoms with Crippen LogP contribution in [0.3, 0.4) is 0 Å². The van der Waals surface area contributed by atoms with Crippen LogP contribution in [0.4, 0.5) is 4.79 Å². The number of aliphatic hydroxyl groups is 1. The van der Waals surface area contributed by atoms with E-state index in [-0.39, 0.29) is 13.1 Å². The first-order valence-electron chi connectivity index (χ1n) is 7.46. The van der Waals surface area contributed by atoms with Crippen LogP contribution in [0, 0.1) is 5.92 Å². The summed E-state index contributed by atoms with van der Waals surface area (Å²) >= 11 is 0. The summed E-state index contributed by atoms with van der Waals surface area (Å²) < 4.78 is 10.6. The first-order chi connectivity index (χ1) is 9.85. The zero-order valence-corrected chi connectivity index (χ0v) is 14.3. The predicted molar refractivity (Wildman–Crippen MR) is 81.1 cm³/mol. The van der Waals surface area contributed by atoms with Gasteiger partial charge in [-0.3, -0.25) is 4.79 Å². The first kappa shape index (κ1) is 18.7. The molecule has 0 saturated carbocycles. The lowest BCUT2D eigenvalue weighted by atomic mass is 10.0. The van der Waals surface area contributed by atoms with E-state index in [0.717, 1.165) is 0 Å². The number of amides is 1. The molecule has 3 atom stereocenters. The van der Waals surface area contributed by atoms with Crippen molar-refractivity contribution in [3.05, 3.63) is 0 Å². The summed E-state index contributed by atoms with van der Waals surface area (Å²) in [5.74, 6) is -1.36. The van der Waals surface area contributed by atoms with Crippen LogP contribution in [-0.2, 0) is 14.3 Å². The van der Waals surface area contributed by atoms with Crippen molar-refractivity contribution in [1.29, 1.82) is 0 Å². The molecule has 0 radical (unpaired) electrons. The van der Waals surface area contributed by atoms with E-state index in [4.69, 9.17) is 15.2 Å². The molecule has 1 fully saturated rings. The van der Waals surface area contributed by atoms with Gasteiger partial charge in [0.15, 0.2) is 0 Å². The standard InChI is InChI=1S/C15H28N2O5/c1-14(2,3)21-12(19)9-8-17(10(7-16)11(9)18)13(20)22-15(4,5)6/h9-11,18H,7-8,16H2,1-6H3/t9-,10+,11+/m0/s1. The highest BCUT2D eigenvalue weighted by Crippen LogP contribution is 2.27. The topological polar surface area (TPSA) is 102 Å². The van der Waals surface area contributed by atoms with Crippen molar-refractivity contribution in [3.63, 3.8) is 0 Å². The summed E-state index contributed by atoms with van der Waals surface area (Å²) in [6.45, 7) is 10.6. The first-order valence-corrected chi connectivity index (χ1v) is 7.46. The number of carbonyl (C=O) groups excluding carboxylic acids is 2. The molecular formula is C15H28N2O5. The van der Waals surface area contributed by atoms with E-state index in [1.165, 1.54) is 4.90 Å². The second-order valence-corrected chi connectivity index (χ2v) is 7.57. The molecule has 0 aliphatic carbocycles. The van der Waals surface area contributed by atoms with Crippen LogP contribution in [0.1, 0.15) is 41.5 Å². The van der Waals surface area contributed by atoms with Gasteiger partial charge >= 0.3 is 12.1 Å². The minimum atomic E-state index is -1.06. The maximum atomic E-state index is 12.2. The zero-order chi connectivity index (χ0) is 17.3. The summed E-state index contributed by atoms with van der Waals surface area (Å²) in [7, 11) is 0. The van der Waals surface area contributed by atoms with Gasteiger partial charge < -0.3 is 25.2 Å². The zero-order valence-electron chi connectivity index (χ0n) is 14.3. The molecule has 1 rings (SSSR count). The van der Waals surface area contributed by atoms with Crippen LogP contribution in [0.15, 0.2) is 0 Å². The molecule has 128 valence electrons. The van der Waals surface area contributed by atoms with E-state index in [1.54, 1.807) is 41.5 Å². The Balaban J connectivity index is 2.86. The van der Waals surface area contributed by atoms with Gasteiger partial charge in [-0.2, -0.15) is 0 Å². The number of esters is 1. The predicted octanol–water partition coefficient (Wildman–Crippen LogP) is 0.883. The molecule has 0 unspecified atom stereocenters. The van der Waals surface area contributed by atoms with Crippen LogP contribution in [-0.4, -0.2) is 58.5 Å². The van der Waals surface area contributed by atoms with E-state index >= 15 is 0 Å². The molecule has 1 aliphatic heterocycles. The Morgan fingerprint density at radius 3 is 2.05 bits per heavy atom. The summed E-state index contributed by atoms with van der Waals surface area (Å²) in [6.07, 6.45) is -1.65. The van der Waals surface area contributed by atoms with Crippen molar-refractivity contribution in [2.24, 2.45) is 11.7 Å². The van der Waals surface area contributed by atoms with Crippen LogP contribution in [0.5, 0.6) is 0 Å². The third-order valence-corrected chi connectivity index (χ3v) is 3.18. The van der Waals surface area contributed by atoms with E-state index in [9.17, 15) is 14.7 Å². The van der Waals surface area contributed by atoms with E-state index in [0.29, 0.717) is 0 Å². The quantitative estimate of drug-likeness (QED) is 0.733. The third kappa shape index (κ3) is 4.84. The summed E-state index contributed by atoms with van der Waals surface area (Å²) in [5.41, 5.74) is 4.32. The second-order valence-electron chi connectivity index (χ2n) is 7.57. The highest BCUT2D eigenvalue weighted by molar-refractivity contribution is 5.77. The molecule has 0 aromatic carbocycles. The van der Waals surface area contributed by atoms with Crippen LogP contribution < -0.4 is 5.73 Å². The molecule has 0 aromatic rings. The fraction of sp³-hybridized carbons (Fsp3) is 0.867. The normalized spacial score (nSPS) is 26.0. The Labute approximate surface area is 131 Å². The highest BCUT2D eigenvalue weighted by Gasteiger charge is 2.48. The fourth-order valence-electron chi connectivity index (χ4n) is 2.30. The van der Waals surface area contributed by atoms with Gasteiger partial charge in [0.2, 0.25) is 0 Å². The largest absolute Gasteiger partial charge is 0.460 e. The molecule has 0 spiro atoms. The second kappa shape index (κ2) is 6.42. The summed E-state index contributed by atoms with van der Waals surface area (Å²) in [5, 5.41) is 10.3. The minimum Gasteiger partial charge on any atom is -0.460 e. The molecule has 1 heterocycles. The number of hydrogen-bond donors (Lipinski definition) is 2. The molecule has 7 nitrogen and oxygen atoms in total. The van der Waals surface area contributed by atoms with E-state index in [1.807, 2.05) is 0 Å². The lowest BCUT2D eigenvalue weighted by molar-refractivity contribution is -0.162. The number of hydrogen-bond acceptors (Lipinski definition) is 6. The van der Waals surface area contributed by atoms with Crippen molar-refractivity contribution in [2.75, 3.05) is 13.1 Å². The molecular weight excluding hydrogens is 288 g/mol. The molecule has 1 saturated heterocycles. The maximum Gasteiger partial charge on any atom is 0.410 e. The molecule has 7 heteroatoms. The monoisotopic (exact) mass is 316 g/mol. The number of likely N-dealkylation sites (tertiary alicyclic amines) is 1. The number of rotatable bonds is 2. The van der Waals surface area contributed by atoms with Gasteiger partial charge in [0.05, 0.1) is 12.1 Å². The smallest absolute Gasteiger partial charge is 0.410 e. The lowest BCUT2D eigenvalue weighted by Gasteiger charge is -2.28. The van der Waals surface area contributed by atoms with E-state index < -0.39 is 41.3 Å². The number of ether oxygens (including phenoxy) is 2. The van der Waals surface area contributed by atoms with Gasteiger partial charge in [0.25, 0.3) is 0 Å². The van der Waals surface area contributed by atoms with Gasteiger partial charge in [-0.05, 0) is 41.5 Å². The Kier molecular flexibility index (Phi) is 5.46. The van der Waals surface area contributed by atoms with Crippen molar-refractivity contribution in [2.45, 2.75) is 64.9 Å². The van der Waals surface area contributed by atoms with Crippen molar-refractivity contribution in [3.8, 4) is 0 Å². The van der Waals surface area contributed by atoms with Gasteiger partial charge in [-0.15, -0.1) is 0 Å². The Morgan fingerprint density at radius 2 is 1.64 bits per heavy atom. The van der Waals surface area contributed by atoms with Crippen molar-refractivity contribution in [1.82, 2.24) is 4.90 Å². The summed E-state index contributed by atoms with van der Waals surface area (Å²) in [4.78, 5) is 25.7. The van der Waals surface area contributed by atoms with E-state index in [2.05, 4.69) is 0 Å². The number of carbonyl (C=O) groups is 2. The molecule has 1 amide bonds. The van der Waals surface area contributed by atoms with Crippen molar-refractivity contribution >= 4 is 12.1 Å². The molecule has 3 N–H and O–H groups in total. The Hall–Kier alpha value is -1.34. The average Bonchev–Trinajstić information content (AvgIpc) is 2.61. The highest BCUT2D eigenvalue weighted by atomic mass is 16.6.